The van der Waals surface area contributed by atoms with Crippen LogP contribution in [0.25, 0.3) is 0 Å². The van der Waals surface area contributed by atoms with Crippen molar-refractivity contribution in [1.29, 1.82) is 0 Å². The molecule has 1 atom stereocenters. The Morgan fingerprint density at radius 2 is 1.62 bits per heavy atom. The van der Waals surface area contributed by atoms with Crippen LogP contribution >= 0.6 is 23.2 Å². The molecule has 3 rings (SSSR count). The van der Waals surface area contributed by atoms with Gasteiger partial charge in [-0.2, -0.15) is 0 Å². The highest BCUT2D eigenvalue weighted by Crippen LogP contribution is 2.31. The normalized spacial score (nSPS) is 12.0. The zero-order valence-electron chi connectivity index (χ0n) is 22.2. The van der Waals surface area contributed by atoms with E-state index >= 15 is 0 Å². The molecule has 1 N–H and O–H groups in total. The van der Waals surface area contributed by atoms with E-state index in [1.807, 2.05) is 38.1 Å². The number of sulfonamides is 1. The Hall–Kier alpha value is -3.07. The molecule has 3 aromatic rings. The number of nitrogens with zero attached hydrogens (tertiary/aromatic N) is 2. The number of carbonyl (C=O) groups is 2. The zero-order valence-corrected chi connectivity index (χ0v) is 24.6. The lowest BCUT2D eigenvalue weighted by molar-refractivity contribution is -0.139. The molecule has 0 fully saturated rings. The van der Waals surface area contributed by atoms with Gasteiger partial charge >= 0.3 is 0 Å². The fourth-order valence-corrected chi connectivity index (χ4v) is 5.70. The highest BCUT2D eigenvalue weighted by molar-refractivity contribution is 7.92. The number of nitrogens with one attached hydrogen (secondary N) is 1. The first kappa shape index (κ1) is 30.5. The van der Waals surface area contributed by atoms with Crippen molar-refractivity contribution in [3.05, 3.63) is 94.0 Å². The van der Waals surface area contributed by atoms with Gasteiger partial charge in [-0.3, -0.25) is 13.9 Å². The van der Waals surface area contributed by atoms with E-state index in [1.165, 1.54) is 35.2 Å². The van der Waals surface area contributed by atoms with Crippen LogP contribution < -0.4 is 9.62 Å². The molecular formula is C29H33Cl2N3O4S. The van der Waals surface area contributed by atoms with Crippen LogP contribution in [0.1, 0.15) is 37.8 Å². The van der Waals surface area contributed by atoms with E-state index in [9.17, 15) is 18.0 Å². The largest absolute Gasteiger partial charge is 0.354 e. The third-order valence-electron chi connectivity index (χ3n) is 6.40. The maximum absolute atomic E-state index is 13.9. The number of rotatable bonds is 12. The smallest absolute Gasteiger partial charge is 0.264 e. The van der Waals surface area contributed by atoms with Crippen molar-refractivity contribution in [3.8, 4) is 0 Å². The summed E-state index contributed by atoms with van der Waals surface area (Å²) in [5, 5.41) is 3.28. The average Bonchev–Trinajstić information content (AvgIpc) is 2.92. The van der Waals surface area contributed by atoms with E-state index in [2.05, 4.69) is 5.32 Å². The molecule has 0 unspecified atom stereocenters. The molecular weight excluding hydrogens is 557 g/mol. The minimum atomic E-state index is -4.17. The van der Waals surface area contributed by atoms with E-state index in [1.54, 1.807) is 25.1 Å². The topological polar surface area (TPSA) is 86.8 Å². The Balaban J connectivity index is 2.02. The van der Waals surface area contributed by atoms with Crippen LogP contribution in [0.3, 0.4) is 0 Å². The number of halogens is 2. The molecule has 0 bridgehead atoms. The number of anilines is 1. The van der Waals surface area contributed by atoms with Gasteiger partial charge in [0, 0.05) is 13.1 Å². The predicted molar refractivity (Wildman–Crippen MR) is 157 cm³/mol. The molecule has 0 aliphatic carbocycles. The van der Waals surface area contributed by atoms with Crippen molar-refractivity contribution < 1.29 is 18.0 Å². The first-order chi connectivity index (χ1) is 18.6. The molecule has 3 aromatic carbocycles. The summed E-state index contributed by atoms with van der Waals surface area (Å²) in [6, 6.07) is 18.9. The van der Waals surface area contributed by atoms with Crippen molar-refractivity contribution in [1.82, 2.24) is 10.2 Å². The van der Waals surface area contributed by atoms with Crippen molar-refractivity contribution in [2.45, 2.75) is 51.1 Å². The number of carbonyl (C=O) groups excluding carboxylic acids is 2. The number of hydrogen-bond acceptors (Lipinski definition) is 4. The first-order valence-corrected chi connectivity index (χ1v) is 14.9. The van der Waals surface area contributed by atoms with Crippen LogP contribution in [0, 0.1) is 6.92 Å². The Morgan fingerprint density at radius 1 is 0.949 bits per heavy atom. The monoisotopic (exact) mass is 589 g/mol. The molecule has 0 aromatic heterocycles. The van der Waals surface area contributed by atoms with E-state index in [0.29, 0.717) is 6.54 Å². The van der Waals surface area contributed by atoms with Gasteiger partial charge in [-0.1, -0.05) is 79.0 Å². The Morgan fingerprint density at radius 3 is 2.26 bits per heavy atom. The summed E-state index contributed by atoms with van der Waals surface area (Å²) in [5.41, 5.74) is 1.98. The highest BCUT2D eigenvalue weighted by Gasteiger charge is 2.32. The first-order valence-electron chi connectivity index (χ1n) is 12.7. The van der Waals surface area contributed by atoms with Crippen LogP contribution in [0.15, 0.2) is 77.7 Å². The van der Waals surface area contributed by atoms with Gasteiger partial charge in [0.25, 0.3) is 10.0 Å². The van der Waals surface area contributed by atoms with Gasteiger partial charge in [0.1, 0.15) is 12.6 Å². The van der Waals surface area contributed by atoms with Crippen LogP contribution in [0.5, 0.6) is 0 Å². The second kappa shape index (κ2) is 13.8. The molecule has 0 aliphatic rings. The third kappa shape index (κ3) is 7.75. The zero-order chi connectivity index (χ0) is 28.6. The molecule has 7 nitrogen and oxygen atoms in total. The fourth-order valence-electron chi connectivity index (χ4n) is 3.98. The molecule has 0 aliphatic heterocycles. The minimum Gasteiger partial charge on any atom is -0.354 e. The lowest BCUT2D eigenvalue weighted by Crippen LogP contribution is -2.51. The van der Waals surface area contributed by atoms with Crippen molar-refractivity contribution in [2.24, 2.45) is 0 Å². The summed E-state index contributed by atoms with van der Waals surface area (Å²) in [6.45, 7) is 5.67. The molecule has 0 heterocycles. The Labute approximate surface area is 240 Å². The van der Waals surface area contributed by atoms with Gasteiger partial charge in [0.15, 0.2) is 0 Å². The van der Waals surface area contributed by atoms with E-state index < -0.39 is 28.5 Å². The second-order valence-electron chi connectivity index (χ2n) is 9.19. The van der Waals surface area contributed by atoms with E-state index in [4.69, 9.17) is 23.2 Å². The summed E-state index contributed by atoms with van der Waals surface area (Å²) in [6.07, 6.45) is 1.72. The van der Waals surface area contributed by atoms with Crippen molar-refractivity contribution in [2.75, 3.05) is 17.4 Å². The third-order valence-corrected chi connectivity index (χ3v) is 8.93. The molecule has 10 heteroatoms. The van der Waals surface area contributed by atoms with Crippen LogP contribution in [-0.2, 0) is 26.2 Å². The highest BCUT2D eigenvalue weighted by atomic mass is 35.5. The van der Waals surface area contributed by atoms with Crippen molar-refractivity contribution in [3.63, 3.8) is 0 Å². The van der Waals surface area contributed by atoms with Gasteiger partial charge in [-0.25, -0.2) is 8.42 Å². The number of benzene rings is 3. The lowest BCUT2D eigenvalue weighted by Gasteiger charge is -2.32. The quantitative estimate of drug-likeness (QED) is 0.269. The van der Waals surface area contributed by atoms with Gasteiger partial charge in [-0.05, 0) is 61.7 Å². The fraction of sp³-hybridized carbons (Fsp3) is 0.310. The average molecular weight is 591 g/mol. The molecule has 2 amide bonds. The van der Waals surface area contributed by atoms with Crippen molar-refractivity contribution >= 4 is 50.7 Å². The molecule has 0 saturated heterocycles. The number of aryl methyl sites for hydroxylation is 1. The predicted octanol–water partition coefficient (Wildman–Crippen LogP) is 5.83. The standard InChI is InChI=1S/C29H33Cl2N3O4S/c1-4-5-17-32-29(36)22(3)33(19-23-12-10-9-11-21(23)2)28(35)20-34(24-15-16-26(30)27(31)18-24)39(37,38)25-13-7-6-8-14-25/h6-16,18,22H,4-5,17,19-20H2,1-3H3,(H,32,36)/t22-/m0/s1. The van der Waals surface area contributed by atoms with Crippen LogP contribution in [0.4, 0.5) is 5.69 Å². The van der Waals surface area contributed by atoms with Gasteiger partial charge < -0.3 is 10.2 Å². The molecule has 208 valence electrons. The summed E-state index contributed by atoms with van der Waals surface area (Å²) in [7, 11) is -4.17. The summed E-state index contributed by atoms with van der Waals surface area (Å²) in [4.78, 5) is 28.4. The molecule has 0 radical (unpaired) electrons. The Bertz CT molecular complexity index is 1400. The minimum absolute atomic E-state index is 0.0136. The molecule has 0 spiro atoms. The second-order valence-corrected chi connectivity index (χ2v) is 11.9. The van der Waals surface area contributed by atoms with Gasteiger partial charge in [-0.15, -0.1) is 0 Å². The van der Waals surface area contributed by atoms with E-state index in [0.717, 1.165) is 28.3 Å². The summed E-state index contributed by atoms with van der Waals surface area (Å²) in [5.74, 6) is -0.848. The van der Waals surface area contributed by atoms with Crippen LogP contribution in [-0.4, -0.2) is 44.3 Å². The van der Waals surface area contributed by atoms with Gasteiger partial charge in [0.2, 0.25) is 11.8 Å². The maximum atomic E-state index is 13.9. The number of hydrogen-bond donors (Lipinski definition) is 1. The lowest BCUT2D eigenvalue weighted by atomic mass is 10.1. The maximum Gasteiger partial charge on any atom is 0.264 e. The summed E-state index contributed by atoms with van der Waals surface area (Å²) < 4.78 is 28.6. The van der Waals surface area contributed by atoms with E-state index in [-0.39, 0.29) is 33.1 Å². The number of amides is 2. The SMILES string of the molecule is CCCCNC(=O)[C@H](C)N(Cc1ccccc1C)C(=O)CN(c1ccc(Cl)c(Cl)c1)S(=O)(=O)c1ccccc1. The summed E-state index contributed by atoms with van der Waals surface area (Å²) >= 11 is 12.3. The van der Waals surface area contributed by atoms with Crippen LogP contribution in [0.2, 0.25) is 10.0 Å². The Kier molecular flexibility index (Phi) is 10.8. The molecule has 39 heavy (non-hydrogen) atoms. The molecule has 0 saturated carbocycles. The number of unbranched alkanes of at least 4 members (excludes halogenated alkanes) is 1. The van der Waals surface area contributed by atoms with Gasteiger partial charge in [0.05, 0.1) is 20.6 Å².